The van der Waals surface area contributed by atoms with Gasteiger partial charge in [0.05, 0.1) is 0 Å². The molecule has 1 atom stereocenters. The average Bonchev–Trinajstić information content (AvgIpc) is 2.90. The van der Waals surface area contributed by atoms with Gasteiger partial charge in [0.15, 0.2) is 10.5 Å². The van der Waals surface area contributed by atoms with Gasteiger partial charge in [-0.1, -0.05) is 15.9 Å². The van der Waals surface area contributed by atoms with E-state index in [1.807, 2.05) is 6.92 Å². The number of rotatable bonds is 3. The summed E-state index contributed by atoms with van der Waals surface area (Å²) in [5.41, 5.74) is -4.92. The summed E-state index contributed by atoms with van der Waals surface area (Å²) in [5, 5.41) is 0. The highest BCUT2D eigenvalue weighted by molar-refractivity contribution is 9.10. The number of Topliss-reactive ketones (excluding diaryl/α,β-unsaturated/α-hetero) is 1. The molecule has 3 nitrogen and oxygen atoms in total. The number of halogens is 4. The number of fused-ring (bicyclic) bond motifs is 1. The monoisotopic (exact) mass is 502 g/mol. The Hall–Kier alpha value is -1.02. The molecule has 6 rings (SSSR count). The number of carbonyl (C=O) groups is 2. The molecule has 5 aliphatic rings. The van der Waals surface area contributed by atoms with Gasteiger partial charge in [0.25, 0.3) is 0 Å². The molecule has 1 aromatic rings. The van der Waals surface area contributed by atoms with E-state index < -0.39 is 39.4 Å². The smallest absolute Gasteiger partial charge is 0.443 e. The second-order valence-corrected chi connectivity index (χ2v) is 11.8. The third-order valence-corrected chi connectivity index (χ3v) is 9.38. The minimum Gasteiger partial charge on any atom is -0.457 e. The van der Waals surface area contributed by atoms with Crippen molar-refractivity contribution in [2.75, 3.05) is 0 Å². The Morgan fingerprint density at radius 2 is 1.73 bits per heavy atom. The van der Waals surface area contributed by atoms with Crippen LogP contribution in [0, 0.1) is 23.7 Å². The lowest BCUT2D eigenvalue weighted by Gasteiger charge is -2.59. The highest BCUT2D eigenvalue weighted by Gasteiger charge is 2.63. The fourth-order valence-electron chi connectivity index (χ4n) is 6.55. The molecule has 4 saturated carbocycles. The van der Waals surface area contributed by atoms with E-state index in [1.54, 1.807) is 12.1 Å². The molecule has 0 heterocycles. The highest BCUT2D eigenvalue weighted by Crippen LogP contribution is 2.60. The summed E-state index contributed by atoms with van der Waals surface area (Å²) in [5.74, 6) is -0.237. The molecule has 0 spiro atoms. The molecule has 162 valence electrons. The van der Waals surface area contributed by atoms with E-state index in [9.17, 15) is 22.8 Å². The summed E-state index contributed by atoms with van der Waals surface area (Å²) in [7, 11) is 0. The molecule has 1 unspecified atom stereocenters. The maximum absolute atomic E-state index is 13.5. The van der Waals surface area contributed by atoms with Gasteiger partial charge < -0.3 is 4.74 Å². The van der Waals surface area contributed by atoms with Crippen LogP contribution in [0.25, 0.3) is 0 Å². The van der Waals surface area contributed by atoms with Crippen LogP contribution < -0.4 is 0 Å². The molecule has 0 N–H and O–H groups in total. The van der Waals surface area contributed by atoms with Crippen LogP contribution in [0.2, 0.25) is 0 Å². The van der Waals surface area contributed by atoms with Crippen molar-refractivity contribution in [1.82, 2.24) is 0 Å². The Bertz CT molecular complexity index is 903. The third kappa shape index (κ3) is 3.15. The summed E-state index contributed by atoms with van der Waals surface area (Å²) >= 11 is 2.77. The van der Waals surface area contributed by atoms with Crippen molar-refractivity contribution in [3.63, 3.8) is 0 Å². The maximum atomic E-state index is 13.5. The molecule has 0 radical (unpaired) electrons. The van der Waals surface area contributed by atoms with Crippen LogP contribution in [0.4, 0.5) is 13.2 Å². The van der Waals surface area contributed by atoms with E-state index in [0.29, 0.717) is 21.9 Å². The van der Waals surface area contributed by atoms with Crippen molar-refractivity contribution >= 4 is 39.4 Å². The number of hydrogen-bond acceptors (Lipinski definition) is 4. The van der Waals surface area contributed by atoms with Crippen molar-refractivity contribution in [2.45, 2.75) is 61.3 Å². The number of hydrogen-bond donors (Lipinski definition) is 0. The number of carbonyl (C=O) groups excluding carboxylic acids is 2. The van der Waals surface area contributed by atoms with Crippen LogP contribution in [-0.2, 0) is 16.0 Å². The van der Waals surface area contributed by atoms with Crippen molar-refractivity contribution in [3.8, 4) is 0 Å². The number of esters is 1. The quantitative estimate of drug-likeness (QED) is 0.379. The summed E-state index contributed by atoms with van der Waals surface area (Å²) < 4.78 is 45.0. The molecule has 0 aliphatic heterocycles. The van der Waals surface area contributed by atoms with E-state index >= 15 is 0 Å². The molecule has 4 fully saturated rings. The van der Waals surface area contributed by atoms with Gasteiger partial charge in [0.2, 0.25) is 0 Å². The SMILES string of the molecule is CC1(OC(=O)C2(SC(F)(F)F)Cc3cc(Br)ccc3C2=O)C2CC3CC(C2)CC1C3. The van der Waals surface area contributed by atoms with E-state index in [0.717, 1.165) is 25.7 Å². The predicted molar refractivity (Wildman–Crippen MR) is 110 cm³/mol. The maximum Gasteiger partial charge on any atom is 0.443 e. The second kappa shape index (κ2) is 6.74. The van der Waals surface area contributed by atoms with Gasteiger partial charge >= 0.3 is 11.5 Å². The van der Waals surface area contributed by atoms with Gasteiger partial charge in [-0.2, -0.15) is 13.2 Å². The lowest BCUT2D eigenvalue weighted by atomic mass is 9.50. The Morgan fingerprint density at radius 3 is 2.30 bits per heavy atom. The Balaban J connectivity index is 1.49. The number of ether oxygens (including phenoxy) is 1. The summed E-state index contributed by atoms with van der Waals surface area (Å²) in [6, 6.07) is 4.71. The van der Waals surface area contributed by atoms with Gasteiger partial charge in [0, 0.05) is 16.5 Å². The Kier molecular flexibility index (Phi) is 4.68. The Labute approximate surface area is 185 Å². The van der Waals surface area contributed by atoms with Gasteiger partial charge in [-0.3, -0.25) is 9.59 Å². The summed E-state index contributed by atoms with van der Waals surface area (Å²) in [6.07, 6.45) is 4.73. The number of alkyl halides is 3. The zero-order valence-corrected chi connectivity index (χ0v) is 18.8. The lowest BCUT2D eigenvalue weighted by molar-refractivity contribution is -0.204. The second-order valence-electron chi connectivity index (χ2n) is 9.56. The van der Waals surface area contributed by atoms with Crippen LogP contribution >= 0.6 is 27.7 Å². The van der Waals surface area contributed by atoms with Crippen molar-refractivity contribution in [3.05, 3.63) is 33.8 Å². The third-order valence-electron chi connectivity index (χ3n) is 7.81. The van der Waals surface area contributed by atoms with E-state index in [-0.39, 0.29) is 23.8 Å². The molecule has 0 amide bonds. The molecule has 1 aromatic carbocycles. The first-order valence-electron chi connectivity index (χ1n) is 10.3. The first-order chi connectivity index (χ1) is 14.0. The van der Waals surface area contributed by atoms with Crippen molar-refractivity contribution in [1.29, 1.82) is 0 Å². The number of ketones is 1. The zero-order valence-electron chi connectivity index (χ0n) is 16.4. The van der Waals surface area contributed by atoms with Gasteiger partial charge in [-0.15, -0.1) is 0 Å². The molecular formula is C22H22BrF3O3S. The molecule has 0 aromatic heterocycles. The fourth-order valence-corrected chi connectivity index (χ4v) is 7.91. The van der Waals surface area contributed by atoms with Gasteiger partial charge in [-0.05, 0) is 98.2 Å². The first-order valence-corrected chi connectivity index (χ1v) is 11.9. The van der Waals surface area contributed by atoms with Crippen LogP contribution in [0.3, 0.4) is 0 Å². The molecule has 4 bridgehead atoms. The largest absolute Gasteiger partial charge is 0.457 e. The Morgan fingerprint density at radius 1 is 1.13 bits per heavy atom. The van der Waals surface area contributed by atoms with Gasteiger partial charge in [-0.25, -0.2) is 0 Å². The summed E-state index contributed by atoms with van der Waals surface area (Å²) in [6.45, 7) is 1.88. The summed E-state index contributed by atoms with van der Waals surface area (Å²) in [4.78, 5) is 26.6. The lowest BCUT2D eigenvalue weighted by Crippen LogP contribution is -2.60. The minimum absolute atomic E-state index is 0.165. The zero-order chi connectivity index (χ0) is 21.5. The van der Waals surface area contributed by atoms with Crippen LogP contribution in [0.5, 0.6) is 0 Å². The number of benzene rings is 1. The van der Waals surface area contributed by atoms with Crippen molar-refractivity contribution < 1.29 is 27.5 Å². The first kappa shape index (κ1) is 20.9. The molecular weight excluding hydrogens is 481 g/mol. The van der Waals surface area contributed by atoms with Crippen LogP contribution in [-0.4, -0.2) is 27.6 Å². The van der Waals surface area contributed by atoms with E-state index in [1.165, 1.54) is 12.5 Å². The fraction of sp³-hybridized carbons (Fsp3) is 0.636. The highest BCUT2D eigenvalue weighted by atomic mass is 79.9. The van der Waals surface area contributed by atoms with E-state index in [2.05, 4.69) is 15.9 Å². The molecule has 5 aliphatic carbocycles. The van der Waals surface area contributed by atoms with Gasteiger partial charge in [0.1, 0.15) is 5.60 Å². The standard InChI is InChI=1S/C22H22BrF3O3S/c1-20(14-5-11-4-12(7-14)8-15(20)6-11)29-19(28)21(30-22(24,25)26)10-13-9-16(23)2-3-17(13)18(21)27/h2-3,9,11-12,14-15H,4-8,10H2,1H3. The predicted octanol–water partition coefficient (Wildman–Crippen LogP) is 5.94. The van der Waals surface area contributed by atoms with Crippen LogP contribution in [0.15, 0.2) is 22.7 Å². The normalized spacial score (nSPS) is 39.3. The van der Waals surface area contributed by atoms with E-state index in [4.69, 9.17) is 4.74 Å². The molecule has 8 heteroatoms. The molecule has 30 heavy (non-hydrogen) atoms. The minimum atomic E-state index is -4.74. The van der Waals surface area contributed by atoms with Crippen LogP contribution in [0.1, 0.15) is 54.9 Å². The topological polar surface area (TPSA) is 43.4 Å². The number of thioether (sulfide) groups is 1. The molecule has 0 saturated heterocycles. The average molecular weight is 503 g/mol. The van der Waals surface area contributed by atoms with Crippen molar-refractivity contribution in [2.24, 2.45) is 23.7 Å².